The van der Waals surface area contributed by atoms with Crippen LogP contribution in [0.3, 0.4) is 0 Å². The molecule has 0 amide bonds. The molecule has 1 heterocycles. The van der Waals surface area contributed by atoms with Gasteiger partial charge in [-0.2, -0.15) is 0 Å². The predicted molar refractivity (Wildman–Crippen MR) is 37.3 cm³/mol. The van der Waals surface area contributed by atoms with Crippen LogP contribution in [-0.2, 0) is 0 Å². The van der Waals surface area contributed by atoms with Gasteiger partial charge in [0.1, 0.15) is 0 Å². The van der Waals surface area contributed by atoms with E-state index in [1.807, 2.05) is 0 Å². The number of piperidine rings is 1. The molecule has 3 heteroatoms. The Balaban J connectivity index is 2.30. The molecule has 0 aliphatic carbocycles. The summed E-state index contributed by atoms with van der Waals surface area (Å²) in [5, 5.41) is 8.74. The molecule has 1 aliphatic rings. The molecular weight excluding hydrogens is 138 g/mol. The Morgan fingerprint density at radius 2 is 2.33 bits per heavy atom. The molecule has 0 aromatic carbocycles. The van der Waals surface area contributed by atoms with Gasteiger partial charge in [0.2, 0.25) is 0 Å². The second-order valence-corrected chi connectivity index (χ2v) is 2.89. The van der Waals surface area contributed by atoms with Crippen molar-refractivity contribution in [2.45, 2.75) is 25.3 Å². The van der Waals surface area contributed by atoms with Gasteiger partial charge in [-0.1, -0.05) is 6.42 Å². The molecule has 1 saturated heterocycles. The smallest absolute Gasteiger partial charge is 0.0600 e. The van der Waals surface area contributed by atoms with Crippen molar-refractivity contribution in [3.05, 3.63) is 0 Å². The number of halogens is 1. The van der Waals surface area contributed by atoms with E-state index >= 15 is 0 Å². The monoisotopic (exact) mass is 149 g/mol. The summed E-state index contributed by atoms with van der Waals surface area (Å²) >= 11 is 5.76. The van der Waals surface area contributed by atoms with Gasteiger partial charge in [-0.25, -0.2) is 4.42 Å². The topological polar surface area (TPSA) is 23.5 Å². The Morgan fingerprint density at radius 3 is 2.78 bits per heavy atom. The largest absolute Gasteiger partial charge is 0.395 e. The molecule has 9 heavy (non-hydrogen) atoms. The zero-order valence-corrected chi connectivity index (χ0v) is 6.14. The molecule has 0 saturated carbocycles. The summed E-state index contributed by atoms with van der Waals surface area (Å²) in [5.41, 5.74) is 0. The van der Waals surface area contributed by atoms with Gasteiger partial charge in [-0.05, 0) is 24.6 Å². The Morgan fingerprint density at radius 1 is 1.56 bits per heavy atom. The molecule has 0 aromatic rings. The third-order valence-electron chi connectivity index (χ3n) is 1.77. The molecule has 1 rings (SSSR count). The Bertz CT molecular complexity index is 89.1. The number of hydrogen-bond donors (Lipinski definition) is 1. The van der Waals surface area contributed by atoms with E-state index < -0.39 is 0 Å². The average molecular weight is 150 g/mol. The molecule has 1 fully saturated rings. The van der Waals surface area contributed by atoms with Crippen molar-refractivity contribution in [2.75, 3.05) is 13.2 Å². The predicted octanol–water partition coefficient (Wildman–Crippen LogP) is 0.987. The van der Waals surface area contributed by atoms with Gasteiger partial charge in [-0.3, -0.25) is 0 Å². The molecule has 1 unspecified atom stereocenters. The summed E-state index contributed by atoms with van der Waals surface area (Å²) in [4.78, 5) is 0. The fourth-order valence-electron chi connectivity index (χ4n) is 1.15. The molecule has 0 spiro atoms. The SMILES string of the molecule is OCC1CCCCN1Cl. The van der Waals surface area contributed by atoms with Crippen LogP contribution in [0.25, 0.3) is 0 Å². The van der Waals surface area contributed by atoms with Crippen LogP contribution in [0.1, 0.15) is 19.3 Å². The first-order chi connectivity index (χ1) is 4.34. The highest BCUT2D eigenvalue weighted by molar-refractivity contribution is 6.13. The first-order valence-electron chi connectivity index (χ1n) is 3.38. The summed E-state index contributed by atoms with van der Waals surface area (Å²) in [6, 6.07) is 0.209. The number of nitrogens with zero attached hydrogens (tertiary/aromatic N) is 1. The summed E-state index contributed by atoms with van der Waals surface area (Å²) in [6.07, 6.45) is 3.41. The van der Waals surface area contributed by atoms with Gasteiger partial charge < -0.3 is 5.11 Å². The van der Waals surface area contributed by atoms with E-state index in [4.69, 9.17) is 16.9 Å². The summed E-state index contributed by atoms with van der Waals surface area (Å²) < 4.78 is 1.71. The van der Waals surface area contributed by atoms with Crippen LogP contribution < -0.4 is 0 Å². The first kappa shape index (κ1) is 7.32. The van der Waals surface area contributed by atoms with E-state index in [1.165, 1.54) is 12.8 Å². The minimum Gasteiger partial charge on any atom is -0.395 e. The fourth-order valence-corrected chi connectivity index (χ4v) is 1.42. The van der Waals surface area contributed by atoms with Crippen molar-refractivity contribution in [1.82, 2.24) is 4.42 Å². The lowest BCUT2D eigenvalue weighted by Gasteiger charge is -2.27. The van der Waals surface area contributed by atoms with Gasteiger partial charge in [0.05, 0.1) is 6.61 Å². The van der Waals surface area contributed by atoms with Crippen molar-refractivity contribution in [2.24, 2.45) is 0 Å². The normalized spacial score (nSPS) is 30.7. The minimum atomic E-state index is 0.198. The molecule has 1 N–H and O–H groups in total. The van der Waals surface area contributed by atoms with Gasteiger partial charge in [0, 0.05) is 12.6 Å². The van der Waals surface area contributed by atoms with E-state index in [0.29, 0.717) is 0 Å². The Kier molecular flexibility index (Phi) is 2.76. The minimum absolute atomic E-state index is 0.198. The number of aliphatic hydroxyl groups excluding tert-OH is 1. The molecule has 0 aromatic heterocycles. The summed E-state index contributed by atoms with van der Waals surface area (Å²) in [7, 11) is 0. The first-order valence-corrected chi connectivity index (χ1v) is 3.71. The third kappa shape index (κ3) is 1.81. The van der Waals surface area contributed by atoms with E-state index in [-0.39, 0.29) is 12.6 Å². The van der Waals surface area contributed by atoms with E-state index in [9.17, 15) is 0 Å². The van der Waals surface area contributed by atoms with Crippen LogP contribution in [-0.4, -0.2) is 28.7 Å². The van der Waals surface area contributed by atoms with Crippen LogP contribution >= 0.6 is 11.8 Å². The fraction of sp³-hybridized carbons (Fsp3) is 1.00. The lowest BCUT2D eigenvalue weighted by atomic mass is 10.1. The van der Waals surface area contributed by atoms with Gasteiger partial charge in [0.25, 0.3) is 0 Å². The van der Waals surface area contributed by atoms with Crippen molar-refractivity contribution in [3.63, 3.8) is 0 Å². The number of hydrogen-bond acceptors (Lipinski definition) is 2. The highest BCUT2D eigenvalue weighted by Crippen LogP contribution is 2.17. The zero-order chi connectivity index (χ0) is 6.69. The zero-order valence-electron chi connectivity index (χ0n) is 5.39. The Hall–Kier alpha value is 0.210. The molecule has 0 bridgehead atoms. The number of aliphatic hydroxyl groups is 1. The molecule has 1 aliphatic heterocycles. The summed E-state index contributed by atoms with van der Waals surface area (Å²) in [6.45, 7) is 1.12. The third-order valence-corrected chi connectivity index (χ3v) is 2.21. The van der Waals surface area contributed by atoms with Crippen molar-refractivity contribution in [1.29, 1.82) is 0 Å². The quantitative estimate of drug-likeness (QED) is 0.562. The van der Waals surface area contributed by atoms with Crippen LogP contribution in [0.2, 0.25) is 0 Å². The van der Waals surface area contributed by atoms with E-state index in [0.717, 1.165) is 13.0 Å². The highest BCUT2D eigenvalue weighted by Gasteiger charge is 2.18. The molecule has 2 nitrogen and oxygen atoms in total. The molecule has 1 atom stereocenters. The van der Waals surface area contributed by atoms with Crippen LogP contribution in [0.15, 0.2) is 0 Å². The van der Waals surface area contributed by atoms with Crippen LogP contribution in [0, 0.1) is 0 Å². The number of rotatable bonds is 1. The van der Waals surface area contributed by atoms with Crippen molar-refractivity contribution < 1.29 is 5.11 Å². The van der Waals surface area contributed by atoms with Crippen molar-refractivity contribution >= 4 is 11.8 Å². The molecular formula is C6H12ClNO. The van der Waals surface area contributed by atoms with Gasteiger partial charge >= 0.3 is 0 Å². The maximum Gasteiger partial charge on any atom is 0.0600 e. The Labute approximate surface area is 60.5 Å². The maximum absolute atomic E-state index is 8.74. The lowest BCUT2D eigenvalue weighted by molar-refractivity contribution is 0.159. The highest BCUT2D eigenvalue weighted by atomic mass is 35.5. The second kappa shape index (κ2) is 3.40. The standard InChI is InChI=1S/C6H12ClNO/c7-8-4-2-1-3-6(8)5-9/h6,9H,1-5H2. The lowest BCUT2D eigenvalue weighted by Crippen LogP contribution is -2.34. The van der Waals surface area contributed by atoms with Crippen molar-refractivity contribution in [3.8, 4) is 0 Å². The van der Waals surface area contributed by atoms with Gasteiger partial charge in [0.15, 0.2) is 0 Å². The van der Waals surface area contributed by atoms with E-state index in [1.54, 1.807) is 4.42 Å². The second-order valence-electron chi connectivity index (χ2n) is 2.46. The maximum atomic E-state index is 8.74. The average Bonchev–Trinajstić information content (AvgIpc) is 1.89. The summed E-state index contributed by atoms with van der Waals surface area (Å²) in [5.74, 6) is 0. The van der Waals surface area contributed by atoms with Crippen LogP contribution in [0.4, 0.5) is 0 Å². The molecule has 54 valence electrons. The van der Waals surface area contributed by atoms with Gasteiger partial charge in [-0.15, -0.1) is 0 Å². The molecule has 0 radical (unpaired) electrons. The van der Waals surface area contributed by atoms with Crippen LogP contribution in [0.5, 0.6) is 0 Å². The van der Waals surface area contributed by atoms with E-state index in [2.05, 4.69) is 0 Å².